The summed E-state index contributed by atoms with van der Waals surface area (Å²) in [4.78, 5) is 37.8. The number of aliphatic hydroxyl groups is 3. The molecule has 3 aliphatic carbocycles. The predicted molar refractivity (Wildman–Crippen MR) is 133 cm³/mol. The number of phenols is 1. The van der Waals surface area contributed by atoms with Crippen LogP contribution >= 0.6 is 0 Å². The van der Waals surface area contributed by atoms with Gasteiger partial charge in [0.05, 0.1) is 12.7 Å². The molecular weight excluding hydrogens is 478 g/mol. The first kappa shape index (κ1) is 24.3. The molecule has 9 heteroatoms. The van der Waals surface area contributed by atoms with E-state index in [1.54, 1.807) is 13.2 Å². The zero-order valence-corrected chi connectivity index (χ0v) is 19.9. The second-order valence-corrected chi connectivity index (χ2v) is 9.54. The van der Waals surface area contributed by atoms with Gasteiger partial charge in [0, 0.05) is 17.9 Å². The van der Waals surface area contributed by atoms with E-state index >= 15 is 0 Å². The minimum atomic E-state index is -2.57. The Morgan fingerprint density at radius 1 is 1.11 bits per heavy atom. The fourth-order valence-electron chi connectivity index (χ4n) is 5.73. The number of amides is 1. The van der Waals surface area contributed by atoms with Crippen LogP contribution in [0.5, 0.6) is 11.5 Å². The smallest absolute Gasteiger partial charge is 0.255 e. The third kappa shape index (κ3) is 3.62. The van der Waals surface area contributed by atoms with Gasteiger partial charge in [0.15, 0.2) is 11.4 Å². The number of carbonyl (C=O) groups excluding carboxylic acids is 3. The van der Waals surface area contributed by atoms with Gasteiger partial charge in [-0.3, -0.25) is 14.4 Å². The maximum absolute atomic E-state index is 13.6. The van der Waals surface area contributed by atoms with E-state index in [1.807, 2.05) is 36.4 Å². The number of hydrogen-bond acceptors (Lipinski definition) is 8. The van der Waals surface area contributed by atoms with E-state index in [4.69, 9.17) is 10.5 Å². The number of hydrogen-bond donors (Lipinski definition) is 5. The molecule has 1 fully saturated rings. The van der Waals surface area contributed by atoms with Gasteiger partial charge in [0.1, 0.15) is 28.6 Å². The average Bonchev–Trinajstić information content (AvgIpc) is 2.85. The normalized spacial score (nSPS) is 25.1. The van der Waals surface area contributed by atoms with Gasteiger partial charge in [0.2, 0.25) is 5.78 Å². The maximum atomic E-state index is 13.6. The summed E-state index contributed by atoms with van der Waals surface area (Å²) in [5.41, 5.74) is 3.88. The van der Waals surface area contributed by atoms with E-state index < -0.39 is 52.0 Å². The molecule has 0 aromatic heterocycles. The van der Waals surface area contributed by atoms with Crippen LogP contribution in [0.2, 0.25) is 0 Å². The Hall–Kier alpha value is -4.37. The summed E-state index contributed by atoms with van der Waals surface area (Å²) < 4.78 is 5.25. The van der Waals surface area contributed by atoms with E-state index in [0.29, 0.717) is 16.9 Å². The number of nitrogens with two attached hydrogens (primary N) is 1. The number of phenolic OH excluding ortho intramolecular Hbond substituents is 1. The van der Waals surface area contributed by atoms with Gasteiger partial charge in [-0.05, 0) is 53.6 Å². The van der Waals surface area contributed by atoms with E-state index in [9.17, 15) is 34.8 Å². The monoisotopic (exact) mass is 503 g/mol. The molecule has 9 nitrogen and oxygen atoms in total. The Kier molecular flexibility index (Phi) is 5.68. The molecule has 0 saturated heterocycles. The number of ether oxygens (including phenoxy) is 1. The highest BCUT2D eigenvalue weighted by Crippen LogP contribution is 2.52. The molecule has 2 aromatic carbocycles. The minimum absolute atomic E-state index is 0.0555. The number of methoxy groups -OCH3 is 1. The first-order valence-corrected chi connectivity index (χ1v) is 11.7. The average molecular weight is 504 g/mol. The van der Waals surface area contributed by atoms with Crippen molar-refractivity contribution in [3.8, 4) is 11.5 Å². The number of aromatic hydroxyl groups is 1. The lowest BCUT2D eigenvalue weighted by molar-refractivity contribution is -0.147. The van der Waals surface area contributed by atoms with Gasteiger partial charge in [0.25, 0.3) is 5.91 Å². The van der Waals surface area contributed by atoms with Crippen LogP contribution < -0.4 is 10.5 Å². The Morgan fingerprint density at radius 2 is 1.86 bits per heavy atom. The van der Waals surface area contributed by atoms with Gasteiger partial charge in [-0.1, -0.05) is 30.4 Å². The lowest BCUT2D eigenvalue weighted by atomic mass is 9.59. The second kappa shape index (κ2) is 8.63. The van der Waals surface area contributed by atoms with Gasteiger partial charge >= 0.3 is 0 Å². The Labute approximate surface area is 211 Å². The van der Waals surface area contributed by atoms with Crippen LogP contribution in [0, 0.1) is 11.8 Å². The van der Waals surface area contributed by atoms with Crippen LogP contribution in [0.1, 0.15) is 35.1 Å². The number of aliphatic hydroxyl groups excluding tert-OH is 2. The van der Waals surface area contributed by atoms with E-state index in [2.05, 4.69) is 0 Å². The van der Waals surface area contributed by atoms with Gasteiger partial charge < -0.3 is 30.9 Å². The van der Waals surface area contributed by atoms with Crippen LogP contribution in [0.25, 0.3) is 17.9 Å². The molecule has 190 valence electrons. The Morgan fingerprint density at radius 3 is 2.57 bits per heavy atom. The van der Waals surface area contributed by atoms with E-state index in [0.717, 1.165) is 5.56 Å². The second-order valence-electron chi connectivity index (χ2n) is 9.54. The van der Waals surface area contributed by atoms with Crippen molar-refractivity contribution < 1.29 is 39.5 Å². The molecule has 0 radical (unpaired) electrons. The minimum Gasteiger partial charge on any atom is -0.508 e. The molecule has 0 bridgehead atoms. The van der Waals surface area contributed by atoms with Crippen LogP contribution in [0.3, 0.4) is 0 Å². The van der Waals surface area contributed by atoms with Gasteiger partial charge in [-0.15, -0.1) is 0 Å². The molecule has 0 spiro atoms. The quantitative estimate of drug-likeness (QED) is 0.313. The number of rotatable bonds is 4. The van der Waals surface area contributed by atoms with Crippen molar-refractivity contribution in [3.05, 3.63) is 75.6 Å². The van der Waals surface area contributed by atoms with Crippen LogP contribution in [0.15, 0.2) is 53.3 Å². The first-order valence-electron chi connectivity index (χ1n) is 11.7. The molecule has 1 saturated carbocycles. The molecule has 2 aromatic rings. The third-order valence-corrected chi connectivity index (χ3v) is 7.53. The van der Waals surface area contributed by atoms with Crippen LogP contribution in [-0.2, 0) is 20.8 Å². The number of primary amides is 1. The Bertz CT molecular complexity index is 1470. The van der Waals surface area contributed by atoms with Crippen LogP contribution in [0.4, 0.5) is 0 Å². The van der Waals surface area contributed by atoms with E-state index in [1.165, 1.54) is 6.07 Å². The molecule has 3 aliphatic rings. The highest BCUT2D eigenvalue weighted by atomic mass is 16.5. The highest BCUT2D eigenvalue weighted by molar-refractivity contribution is 6.22. The number of carbonyl (C=O) groups is 3. The van der Waals surface area contributed by atoms with Crippen molar-refractivity contribution >= 4 is 35.4 Å². The van der Waals surface area contributed by atoms with E-state index in [-0.39, 0.29) is 36.1 Å². The fraction of sp³-hybridized carbons (Fsp3) is 0.250. The third-order valence-electron chi connectivity index (χ3n) is 7.53. The standard InChI is InChI=1S/C28H25NO8/c1-37-17-4-2-3-13(9-17)5-6-14-7-8-19(30)22-18(14)11-15-10-16-12-20(31)23(27(29)35)26(34)28(16,36)25(33)21(15)24(22)32/h2-9,15-16,30,32,34,36H,10-12H2,1H3,(H2,29,35)/b6-5+/t15-,16+,28+/m1/s1. The zero-order valence-electron chi connectivity index (χ0n) is 19.9. The van der Waals surface area contributed by atoms with Crippen molar-refractivity contribution in [2.75, 3.05) is 7.11 Å². The summed E-state index contributed by atoms with van der Waals surface area (Å²) in [6.07, 6.45) is 3.64. The Balaban J connectivity index is 1.61. The zero-order chi connectivity index (χ0) is 26.6. The molecular formula is C28H25NO8. The summed E-state index contributed by atoms with van der Waals surface area (Å²) in [6, 6.07) is 10.5. The van der Waals surface area contributed by atoms with Crippen LogP contribution in [-0.4, -0.2) is 50.6 Å². The lowest BCUT2D eigenvalue weighted by Gasteiger charge is -2.46. The topological polar surface area (TPSA) is 167 Å². The largest absolute Gasteiger partial charge is 0.508 e. The number of Topliss-reactive ketones (excluding diaryl/α,β-unsaturated/α-hetero) is 2. The SMILES string of the molecule is COc1cccc(/C=C/c2ccc(O)c3c2C[C@H]2C[C@H]4CC(=O)C(C(N)=O)=C(O)[C@@]4(O)C(=O)C2=C3O)c1. The summed E-state index contributed by atoms with van der Waals surface area (Å²) in [6.45, 7) is 0. The van der Waals surface area contributed by atoms with Crippen molar-refractivity contribution in [1.82, 2.24) is 0 Å². The lowest BCUT2D eigenvalue weighted by Crippen LogP contribution is -2.58. The number of fused-ring (bicyclic) bond motifs is 3. The summed E-state index contributed by atoms with van der Waals surface area (Å²) in [5.74, 6) is -5.78. The highest BCUT2D eigenvalue weighted by Gasteiger charge is 2.60. The molecule has 37 heavy (non-hydrogen) atoms. The number of ketones is 2. The predicted octanol–water partition coefficient (Wildman–Crippen LogP) is 2.60. The van der Waals surface area contributed by atoms with Gasteiger partial charge in [-0.25, -0.2) is 0 Å². The fourth-order valence-corrected chi connectivity index (χ4v) is 5.73. The van der Waals surface area contributed by atoms with Crippen molar-refractivity contribution in [2.24, 2.45) is 17.6 Å². The van der Waals surface area contributed by atoms with Gasteiger partial charge in [-0.2, -0.15) is 0 Å². The molecule has 6 N–H and O–H groups in total. The molecule has 0 heterocycles. The molecule has 5 rings (SSSR count). The molecule has 0 unspecified atom stereocenters. The molecule has 1 amide bonds. The molecule has 0 aliphatic heterocycles. The summed E-state index contributed by atoms with van der Waals surface area (Å²) in [5, 5.41) is 43.7. The molecule has 3 atom stereocenters. The van der Waals surface area contributed by atoms with Crippen molar-refractivity contribution in [2.45, 2.75) is 24.9 Å². The first-order chi connectivity index (χ1) is 17.6. The van der Waals surface area contributed by atoms with Crippen molar-refractivity contribution in [3.63, 3.8) is 0 Å². The van der Waals surface area contributed by atoms with Crippen molar-refractivity contribution in [1.29, 1.82) is 0 Å². The maximum Gasteiger partial charge on any atom is 0.255 e. The number of benzene rings is 2. The summed E-state index contributed by atoms with van der Waals surface area (Å²) >= 11 is 0. The summed E-state index contributed by atoms with van der Waals surface area (Å²) in [7, 11) is 1.57.